The zero-order valence-electron chi connectivity index (χ0n) is 31.0. The SMILES string of the molecule is C[C@H]1CCCCN1c1nnc2ccc(O[C@@H]3CC[C@H](NC(=O)/N=C(\C=C(/N)C(C)(C)C)[NH2+]c4cccc(CCN(C)C)c4)c4ccccc43)cn12. The number of anilines is 1. The molecular weight excluding hydrogens is 639 g/mol. The lowest BCUT2D eigenvalue weighted by atomic mass is 9.85. The number of nitrogens with zero attached hydrogens (tertiary/aromatic N) is 6. The highest BCUT2D eigenvalue weighted by Crippen LogP contribution is 2.39. The van der Waals surface area contributed by atoms with Gasteiger partial charge in [0, 0.05) is 42.4 Å². The molecule has 2 aromatic carbocycles. The number of aliphatic imine (C=N–C) groups is 1. The standard InChI is InChI=1S/C40H53N9O2/c1-27-12-9-10-22-48(27)39-46-45-37-20-17-30(26-49(37)39)51-34-19-18-33(31-15-7-8-16-32(31)34)43-38(50)44-36(25-35(41)40(2,3)4)42-29-14-11-13-28(24-29)21-23-47(5)6/h7-8,11,13-17,20,24-27,33-34H,9-10,12,18-19,21-23,41H2,1-6H3,(H2,42,43,44,50)/p+1/b35-25-/t27-,33-,34+/m0/s1. The fourth-order valence-electron chi connectivity index (χ4n) is 6.85. The summed E-state index contributed by atoms with van der Waals surface area (Å²) >= 11 is 0. The van der Waals surface area contributed by atoms with Crippen molar-refractivity contribution in [2.45, 2.75) is 84.4 Å². The number of aromatic nitrogens is 3. The second kappa shape index (κ2) is 15.7. The molecule has 6 rings (SSSR count). The zero-order chi connectivity index (χ0) is 36.1. The van der Waals surface area contributed by atoms with Crippen molar-refractivity contribution in [2.24, 2.45) is 16.1 Å². The summed E-state index contributed by atoms with van der Waals surface area (Å²) in [5.41, 5.74) is 12.0. The molecule has 1 fully saturated rings. The Morgan fingerprint density at radius 3 is 2.63 bits per heavy atom. The first-order chi connectivity index (χ1) is 24.4. The average Bonchev–Trinajstić information content (AvgIpc) is 3.51. The first-order valence-electron chi connectivity index (χ1n) is 18.3. The number of amides is 2. The number of nitrogens with one attached hydrogen (secondary N) is 1. The molecule has 11 nitrogen and oxygen atoms in total. The van der Waals surface area contributed by atoms with Crippen LogP contribution >= 0.6 is 0 Å². The quantitative estimate of drug-likeness (QED) is 0.111. The number of hydrogen-bond donors (Lipinski definition) is 3. The number of rotatable bonds is 9. The summed E-state index contributed by atoms with van der Waals surface area (Å²) in [5, 5.41) is 14.1. The van der Waals surface area contributed by atoms with Crippen molar-refractivity contribution in [3.63, 3.8) is 0 Å². The summed E-state index contributed by atoms with van der Waals surface area (Å²) in [7, 11) is 4.14. The smallest absolute Gasteiger partial charge is 0.346 e. The lowest BCUT2D eigenvalue weighted by Crippen LogP contribution is -2.82. The van der Waals surface area contributed by atoms with Gasteiger partial charge in [0.1, 0.15) is 17.5 Å². The average molecular weight is 693 g/mol. The molecule has 0 bridgehead atoms. The number of allylic oxidation sites excluding steroid dienone is 1. The molecule has 0 unspecified atom stereocenters. The number of pyridine rings is 1. The predicted molar refractivity (Wildman–Crippen MR) is 203 cm³/mol. The molecule has 11 heteroatoms. The Balaban J connectivity index is 1.19. The molecule has 51 heavy (non-hydrogen) atoms. The van der Waals surface area contributed by atoms with E-state index in [1.807, 2.05) is 79.2 Å². The van der Waals surface area contributed by atoms with Crippen molar-refractivity contribution in [3.8, 4) is 5.75 Å². The highest BCUT2D eigenvalue weighted by molar-refractivity contribution is 5.96. The number of carbonyl (C=O) groups excluding carboxylic acids is 1. The molecule has 0 saturated carbocycles. The zero-order valence-corrected chi connectivity index (χ0v) is 31.0. The van der Waals surface area contributed by atoms with Gasteiger partial charge in [-0.2, -0.15) is 0 Å². The summed E-state index contributed by atoms with van der Waals surface area (Å²) < 4.78 is 8.71. The van der Waals surface area contributed by atoms with Crippen molar-refractivity contribution in [1.82, 2.24) is 24.8 Å². The molecule has 2 aliphatic rings. The first kappa shape index (κ1) is 36.1. The highest BCUT2D eigenvalue weighted by Gasteiger charge is 2.30. The van der Waals surface area contributed by atoms with Gasteiger partial charge >= 0.3 is 6.03 Å². The van der Waals surface area contributed by atoms with E-state index < -0.39 is 6.03 Å². The molecule has 2 aromatic heterocycles. The summed E-state index contributed by atoms with van der Waals surface area (Å²) in [6.45, 7) is 10.3. The van der Waals surface area contributed by atoms with E-state index in [-0.39, 0.29) is 17.6 Å². The number of quaternary nitrogens is 1. The van der Waals surface area contributed by atoms with Crippen molar-refractivity contribution < 1.29 is 14.8 Å². The summed E-state index contributed by atoms with van der Waals surface area (Å²) in [5.74, 6) is 2.13. The van der Waals surface area contributed by atoms with Gasteiger partial charge in [0.05, 0.1) is 12.2 Å². The molecular formula is C40H54N9O2+. The first-order valence-corrected chi connectivity index (χ1v) is 18.3. The van der Waals surface area contributed by atoms with Crippen LogP contribution in [0, 0.1) is 5.41 Å². The number of carbonyl (C=O) groups is 1. The topological polar surface area (TPSA) is 130 Å². The number of benzene rings is 2. The van der Waals surface area contributed by atoms with E-state index in [0.717, 1.165) is 72.9 Å². The van der Waals surface area contributed by atoms with Crippen LogP contribution in [0.15, 0.2) is 83.6 Å². The molecule has 0 radical (unpaired) electrons. The molecule has 1 saturated heterocycles. The number of ether oxygens (including phenoxy) is 1. The molecule has 0 spiro atoms. The number of piperidine rings is 1. The molecule has 1 aliphatic carbocycles. The molecule has 4 aromatic rings. The van der Waals surface area contributed by atoms with Gasteiger partial charge in [0.15, 0.2) is 5.65 Å². The summed E-state index contributed by atoms with van der Waals surface area (Å²) in [6, 6.07) is 20.3. The predicted octanol–water partition coefficient (Wildman–Crippen LogP) is 6.06. The number of nitrogens with two attached hydrogens (primary N) is 2. The third kappa shape index (κ3) is 8.95. The largest absolute Gasteiger partial charge is 0.484 e. The molecule has 270 valence electrons. The number of hydrogen-bond acceptors (Lipinski definition) is 7. The van der Waals surface area contributed by atoms with Gasteiger partial charge in [0.2, 0.25) is 11.8 Å². The van der Waals surface area contributed by atoms with E-state index in [0.29, 0.717) is 24.0 Å². The Morgan fingerprint density at radius 2 is 1.86 bits per heavy atom. The highest BCUT2D eigenvalue weighted by atomic mass is 16.5. The summed E-state index contributed by atoms with van der Waals surface area (Å²) in [6.07, 6.45) is 9.58. The Bertz CT molecular complexity index is 1890. The monoisotopic (exact) mass is 692 g/mol. The van der Waals surface area contributed by atoms with Crippen LogP contribution in [0.2, 0.25) is 0 Å². The Hall–Kier alpha value is -4.74. The number of likely N-dealkylation sites (N-methyl/N-ethyl adjacent to an activating group) is 1. The third-order valence-corrected chi connectivity index (χ3v) is 9.94. The number of urea groups is 1. The van der Waals surface area contributed by atoms with Crippen LogP contribution < -0.4 is 26.0 Å². The summed E-state index contributed by atoms with van der Waals surface area (Å²) in [4.78, 5) is 22.7. The lowest BCUT2D eigenvalue weighted by Gasteiger charge is -2.33. The van der Waals surface area contributed by atoms with Crippen LogP contribution in [0.4, 0.5) is 16.4 Å². The molecule has 3 heterocycles. The Labute approximate surface area is 302 Å². The lowest BCUT2D eigenvalue weighted by molar-refractivity contribution is -0.441. The van der Waals surface area contributed by atoms with Crippen LogP contribution in [-0.2, 0) is 6.42 Å². The number of amidine groups is 1. The van der Waals surface area contributed by atoms with Gasteiger partial charge in [-0.25, -0.2) is 4.79 Å². The van der Waals surface area contributed by atoms with E-state index in [1.165, 1.54) is 12.0 Å². The van der Waals surface area contributed by atoms with E-state index in [9.17, 15) is 4.79 Å². The minimum Gasteiger partial charge on any atom is -0.484 e. The number of fused-ring (bicyclic) bond motifs is 2. The maximum absolute atomic E-state index is 13.6. The minimum absolute atomic E-state index is 0.165. The Kier molecular flexibility index (Phi) is 11.1. The van der Waals surface area contributed by atoms with Gasteiger partial charge < -0.3 is 25.6 Å². The van der Waals surface area contributed by atoms with Crippen LogP contribution in [0.1, 0.15) is 88.6 Å². The van der Waals surface area contributed by atoms with Crippen LogP contribution in [0.25, 0.3) is 5.65 Å². The van der Waals surface area contributed by atoms with E-state index in [1.54, 1.807) is 0 Å². The van der Waals surface area contributed by atoms with Crippen LogP contribution in [0.5, 0.6) is 5.75 Å². The molecule has 1 aliphatic heterocycles. The minimum atomic E-state index is -0.403. The maximum atomic E-state index is 13.6. The van der Waals surface area contributed by atoms with Crippen molar-refractivity contribution in [2.75, 3.05) is 32.1 Å². The maximum Gasteiger partial charge on any atom is 0.346 e. The van der Waals surface area contributed by atoms with Gasteiger partial charge in [0.25, 0.3) is 0 Å². The van der Waals surface area contributed by atoms with Gasteiger partial charge in [-0.1, -0.05) is 57.2 Å². The van der Waals surface area contributed by atoms with Gasteiger partial charge in [-0.3, -0.25) is 9.72 Å². The van der Waals surface area contributed by atoms with Crippen molar-refractivity contribution >= 4 is 29.1 Å². The van der Waals surface area contributed by atoms with Gasteiger partial charge in [-0.05, 0) is 94.4 Å². The van der Waals surface area contributed by atoms with E-state index in [2.05, 4.69) is 75.6 Å². The molecule has 3 atom stereocenters. The van der Waals surface area contributed by atoms with E-state index >= 15 is 0 Å². The van der Waals surface area contributed by atoms with Crippen molar-refractivity contribution in [1.29, 1.82) is 0 Å². The van der Waals surface area contributed by atoms with Crippen molar-refractivity contribution in [3.05, 3.63) is 95.3 Å². The third-order valence-electron chi connectivity index (χ3n) is 9.94. The normalized spacial score (nSPS) is 20.1. The van der Waals surface area contributed by atoms with E-state index in [4.69, 9.17) is 10.5 Å². The van der Waals surface area contributed by atoms with Gasteiger partial charge in [-0.15, -0.1) is 15.2 Å². The Morgan fingerprint density at radius 1 is 1.06 bits per heavy atom. The fraction of sp³-hybridized carbons (Fsp3) is 0.450. The van der Waals surface area contributed by atoms with Crippen LogP contribution in [-0.4, -0.2) is 64.6 Å². The molecule has 2 amide bonds. The second-order valence-electron chi connectivity index (χ2n) is 15.3. The fourth-order valence-corrected chi connectivity index (χ4v) is 6.85. The molecule has 5 N–H and O–H groups in total. The van der Waals surface area contributed by atoms with Crippen LogP contribution in [0.3, 0.4) is 0 Å². The second-order valence-corrected chi connectivity index (χ2v) is 15.3.